The van der Waals surface area contributed by atoms with E-state index in [4.69, 9.17) is 15.0 Å². The third kappa shape index (κ3) is 6.52. The number of nitrogens with zero attached hydrogens (tertiary/aromatic N) is 3. The molecule has 0 unspecified atom stereocenters. The maximum Gasteiger partial charge on any atom is 0.164 e. The van der Waals surface area contributed by atoms with Crippen LogP contribution in [-0.4, -0.2) is 15.0 Å². The second-order valence-corrected chi connectivity index (χ2v) is 14.1. The van der Waals surface area contributed by atoms with Crippen molar-refractivity contribution >= 4 is 21.5 Å². The van der Waals surface area contributed by atoms with Gasteiger partial charge in [0, 0.05) is 16.7 Å². The van der Waals surface area contributed by atoms with Crippen LogP contribution in [0.2, 0.25) is 0 Å². The maximum atomic E-state index is 5.14. The third-order valence-electron chi connectivity index (χ3n) is 10.5. The quantitative estimate of drug-likeness (QED) is 0.165. The first-order chi connectivity index (χ1) is 27.7. The van der Waals surface area contributed by atoms with Gasteiger partial charge in [0.2, 0.25) is 0 Å². The van der Waals surface area contributed by atoms with Crippen molar-refractivity contribution in [3.05, 3.63) is 212 Å². The SMILES string of the molecule is c1ccc(-c2cccc(-c3nc(-c4cccc(-c5ccccc5)c4)nc(-c4cccc(-c5ccc6cc(-c7cccc8ccccc78)ccc6c5)c4)n3)c2)cc1. The summed E-state index contributed by atoms with van der Waals surface area (Å²) >= 11 is 0. The molecule has 1 heterocycles. The van der Waals surface area contributed by atoms with E-state index in [1.807, 2.05) is 12.1 Å². The van der Waals surface area contributed by atoms with E-state index in [2.05, 4.69) is 200 Å². The highest BCUT2D eigenvalue weighted by molar-refractivity contribution is 5.99. The zero-order valence-electron chi connectivity index (χ0n) is 30.5. The lowest BCUT2D eigenvalue weighted by Crippen LogP contribution is -2.00. The standard InChI is InChI=1S/C53H35N3/c1-3-13-36(14-4-1)39-19-9-22-46(33-39)51-54-52(47-23-10-20-40(34-47)37-15-5-2-6-16-37)56-53(55-51)48-24-11-21-41(35-48)42-27-28-44-32-45(30-29-43(44)31-42)50-26-12-18-38-17-7-8-25-49(38)50/h1-35H. The highest BCUT2D eigenvalue weighted by Crippen LogP contribution is 2.35. The van der Waals surface area contributed by atoms with Crippen molar-refractivity contribution in [1.29, 1.82) is 0 Å². The van der Waals surface area contributed by atoms with Gasteiger partial charge in [-0.25, -0.2) is 15.0 Å². The minimum Gasteiger partial charge on any atom is -0.208 e. The molecule has 10 rings (SSSR count). The normalized spacial score (nSPS) is 11.2. The molecule has 3 nitrogen and oxygen atoms in total. The van der Waals surface area contributed by atoms with Crippen LogP contribution < -0.4 is 0 Å². The van der Waals surface area contributed by atoms with E-state index in [9.17, 15) is 0 Å². The van der Waals surface area contributed by atoms with Gasteiger partial charge < -0.3 is 0 Å². The zero-order chi connectivity index (χ0) is 37.3. The minimum absolute atomic E-state index is 0.627. The highest BCUT2D eigenvalue weighted by atomic mass is 15.0. The molecule has 262 valence electrons. The van der Waals surface area contributed by atoms with Crippen molar-refractivity contribution in [2.75, 3.05) is 0 Å². The van der Waals surface area contributed by atoms with E-state index in [-0.39, 0.29) is 0 Å². The van der Waals surface area contributed by atoms with Crippen molar-refractivity contribution < 1.29 is 0 Å². The first kappa shape index (κ1) is 33.1. The summed E-state index contributed by atoms with van der Waals surface area (Å²) in [5.41, 5.74) is 12.0. The predicted octanol–water partition coefficient (Wildman–Crippen LogP) is 13.8. The molecule has 0 saturated heterocycles. The molecule has 3 heteroatoms. The van der Waals surface area contributed by atoms with Gasteiger partial charge in [-0.05, 0) is 96.4 Å². The molecule has 0 aliphatic carbocycles. The summed E-state index contributed by atoms with van der Waals surface area (Å²) in [5, 5.41) is 4.91. The lowest BCUT2D eigenvalue weighted by atomic mass is 9.94. The van der Waals surface area contributed by atoms with Gasteiger partial charge in [0.25, 0.3) is 0 Å². The average molecular weight is 714 g/mol. The molecule has 0 amide bonds. The van der Waals surface area contributed by atoms with Gasteiger partial charge in [-0.15, -0.1) is 0 Å². The number of benzene rings is 9. The fraction of sp³-hybridized carbons (Fsp3) is 0. The van der Waals surface area contributed by atoms with E-state index in [0.29, 0.717) is 17.5 Å². The molecule has 0 aliphatic heterocycles. The van der Waals surface area contributed by atoms with Gasteiger partial charge in [0.15, 0.2) is 17.5 Å². The van der Waals surface area contributed by atoms with Crippen LogP contribution in [-0.2, 0) is 0 Å². The summed E-state index contributed by atoms with van der Waals surface area (Å²) in [6, 6.07) is 74.8. The average Bonchev–Trinajstić information content (AvgIpc) is 3.29. The molecular weight excluding hydrogens is 679 g/mol. The Morgan fingerprint density at radius 2 is 0.589 bits per heavy atom. The second kappa shape index (κ2) is 14.4. The third-order valence-corrected chi connectivity index (χ3v) is 10.5. The fourth-order valence-corrected chi connectivity index (χ4v) is 7.61. The maximum absolute atomic E-state index is 5.14. The van der Waals surface area contributed by atoms with E-state index in [0.717, 1.165) is 50.1 Å². The number of aromatic nitrogens is 3. The zero-order valence-corrected chi connectivity index (χ0v) is 30.5. The molecule has 0 spiro atoms. The molecule has 0 radical (unpaired) electrons. The van der Waals surface area contributed by atoms with E-state index in [1.54, 1.807) is 0 Å². The van der Waals surface area contributed by atoms with Gasteiger partial charge in [0.1, 0.15) is 0 Å². The Balaban J connectivity index is 1.05. The van der Waals surface area contributed by atoms with Crippen LogP contribution in [0.25, 0.3) is 100 Å². The number of fused-ring (bicyclic) bond motifs is 2. The largest absolute Gasteiger partial charge is 0.208 e. The number of hydrogen-bond acceptors (Lipinski definition) is 3. The Bertz CT molecular complexity index is 2920. The van der Waals surface area contributed by atoms with Crippen molar-refractivity contribution in [3.63, 3.8) is 0 Å². The van der Waals surface area contributed by atoms with Crippen LogP contribution in [0.1, 0.15) is 0 Å². The topological polar surface area (TPSA) is 38.7 Å². The Morgan fingerprint density at radius 3 is 1.14 bits per heavy atom. The summed E-state index contributed by atoms with van der Waals surface area (Å²) in [4.78, 5) is 15.4. The molecule has 1 aromatic heterocycles. The van der Waals surface area contributed by atoms with Crippen LogP contribution in [0.3, 0.4) is 0 Å². The first-order valence-electron chi connectivity index (χ1n) is 18.9. The van der Waals surface area contributed by atoms with Gasteiger partial charge >= 0.3 is 0 Å². The van der Waals surface area contributed by atoms with Crippen molar-refractivity contribution in [3.8, 4) is 78.7 Å². The summed E-state index contributed by atoms with van der Waals surface area (Å²) in [6.07, 6.45) is 0. The Hall–Kier alpha value is -7.49. The number of hydrogen-bond donors (Lipinski definition) is 0. The Labute approximate surface area is 326 Å². The summed E-state index contributed by atoms with van der Waals surface area (Å²) < 4.78 is 0. The van der Waals surface area contributed by atoms with Gasteiger partial charge in [0.05, 0.1) is 0 Å². The first-order valence-corrected chi connectivity index (χ1v) is 18.9. The second-order valence-electron chi connectivity index (χ2n) is 14.1. The minimum atomic E-state index is 0.627. The monoisotopic (exact) mass is 713 g/mol. The Morgan fingerprint density at radius 1 is 0.214 bits per heavy atom. The lowest BCUT2D eigenvalue weighted by molar-refractivity contribution is 1.07. The van der Waals surface area contributed by atoms with Crippen LogP contribution in [0.15, 0.2) is 212 Å². The van der Waals surface area contributed by atoms with Crippen molar-refractivity contribution in [1.82, 2.24) is 15.0 Å². The number of rotatable bonds is 7. The van der Waals surface area contributed by atoms with Crippen LogP contribution in [0.4, 0.5) is 0 Å². The summed E-state index contributed by atoms with van der Waals surface area (Å²) in [7, 11) is 0. The summed E-state index contributed by atoms with van der Waals surface area (Å²) in [5.74, 6) is 1.89. The van der Waals surface area contributed by atoms with E-state index < -0.39 is 0 Å². The molecule has 0 aliphatic rings. The van der Waals surface area contributed by atoms with Crippen molar-refractivity contribution in [2.45, 2.75) is 0 Å². The highest BCUT2D eigenvalue weighted by Gasteiger charge is 2.15. The molecule has 0 fully saturated rings. The van der Waals surface area contributed by atoms with Crippen molar-refractivity contribution in [2.24, 2.45) is 0 Å². The summed E-state index contributed by atoms with van der Waals surface area (Å²) in [6.45, 7) is 0. The predicted molar refractivity (Wildman–Crippen MR) is 233 cm³/mol. The fourth-order valence-electron chi connectivity index (χ4n) is 7.61. The molecule has 10 aromatic rings. The van der Waals surface area contributed by atoms with Gasteiger partial charge in [-0.1, -0.05) is 182 Å². The van der Waals surface area contributed by atoms with Gasteiger partial charge in [-0.2, -0.15) is 0 Å². The molecule has 0 atom stereocenters. The molecular formula is C53H35N3. The smallest absolute Gasteiger partial charge is 0.164 e. The lowest BCUT2D eigenvalue weighted by Gasteiger charge is -2.12. The van der Waals surface area contributed by atoms with E-state index in [1.165, 1.54) is 32.7 Å². The Kier molecular flexibility index (Phi) is 8.51. The molecule has 0 saturated carbocycles. The molecule has 56 heavy (non-hydrogen) atoms. The molecule has 9 aromatic carbocycles. The molecule has 0 N–H and O–H groups in total. The van der Waals surface area contributed by atoms with Crippen LogP contribution >= 0.6 is 0 Å². The van der Waals surface area contributed by atoms with Crippen LogP contribution in [0.5, 0.6) is 0 Å². The molecule has 0 bridgehead atoms. The van der Waals surface area contributed by atoms with Crippen LogP contribution in [0, 0.1) is 0 Å². The van der Waals surface area contributed by atoms with Gasteiger partial charge in [-0.3, -0.25) is 0 Å². The van der Waals surface area contributed by atoms with E-state index >= 15 is 0 Å².